The van der Waals surface area contributed by atoms with Gasteiger partial charge in [-0.05, 0) is 50.0 Å². The molecule has 0 amide bonds. The van der Waals surface area contributed by atoms with Crippen LogP contribution in [-0.4, -0.2) is 29.6 Å². The second kappa shape index (κ2) is 7.60. The Hall–Kier alpha value is -1.13. The number of likely N-dealkylation sites (tertiary alicyclic amines) is 1. The molecule has 4 heteroatoms. The molecule has 2 rings (SSSR count). The van der Waals surface area contributed by atoms with Crippen LogP contribution >= 0.6 is 12.2 Å². The minimum Gasteiger partial charge on any atom is -0.494 e. The van der Waals surface area contributed by atoms with Crippen molar-refractivity contribution in [2.45, 2.75) is 38.6 Å². The van der Waals surface area contributed by atoms with Gasteiger partial charge in [-0.25, -0.2) is 0 Å². The SMILES string of the molecule is CCCOc1ccc(C(C(N)=S)N2CCCCC2)cc1. The lowest BCUT2D eigenvalue weighted by atomic mass is 10.0. The van der Waals surface area contributed by atoms with Gasteiger partial charge in [0.15, 0.2) is 0 Å². The summed E-state index contributed by atoms with van der Waals surface area (Å²) in [7, 11) is 0. The molecule has 2 N–H and O–H groups in total. The highest BCUT2D eigenvalue weighted by atomic mass is 32.1. The van der Waals surface area contributed by atoms with Gasteiger partial charge in [-0.15, -0.1) is 0 Å². The Kier molecular flexibility index (Phi) is 5.80. The molecule has 1 aliphatic heterocycles. The fourth-order valence-corrected chi connectivity index (χ4v) is 2.98. The molecule has 1 saturated heterocycles. The summed E-state index contributed by atoms with van der Waals surface area (Å²) in [6.45, 7) is 5.02. The van der Waals surface area contributed by atoms with E-state index in [1.54, 1.807) is 0 Å². The zero-order chi connectivity index (χ0) is 14.4. The fraction of sp³-hybridized carbons (Fsp3) is 0.562. The van der Waals surface area contributed by atoms with E-state index < -0.39 is 0 Å². The monoisotopic (exact) mass is 292 g/mol. The van der Waals surface area contributed by atoms with Gasteiger partial charge in [0.25, 0.3) is 0 Å². The lowest BCUT2D eigenvalue weighted by molar-refractivity contribution is 0.203. The summed E-state index contributed by atoms with van der Waals surface area (Å²) in [5.74, 6) is 0.913. The molecule has 0 spiro atoms. The molecule has 1 fully saturated rings. The van der Waals surface area contributed by atoms with Gasteiger partial charge >= 0.3 is 0 Å². The van der Waals surface area contributed by atoms with Crippen LogP contribution in [0.25, 0.3) is 0 Å². The van der Waals surface area contributed by atoms with Gasteiger partial charge in [0.1, 0.15) is 5.75 Å². The summed E-state index contributed by atoms with van der Waals surface area (Å²) >= 11 is 5.29. The smallest absolute Gasteiger partial charge is 0.119 e. The Morgan fingerprint density at radius 2 is 1.90 bits per heavy atom. The second-order valence-corrected chi connectivity index (χ2v) is 5.79. The average Bonchev–Trinajstić information content (AvgIpc) is 2.47. The van der Waals surface area contributed by atoms with Crippen LogP contribution in [0.5, 0.6) is 5.75 Å². The first-order chi connectivity index (χ1) is 9.72. The van der Waals surface area contributed by atoms with Crippen molar-refractivity contribution in [2.24, 2.45) is 5.73 Å². The number of nitrogens with zero attached hydrogens (tertiary/aromatic N) is 1. The highest BCUT2D eigenvalue weighted by Crippen LogP contribution is 2.26. The van der Waals surface area contributed by atoms with E-state index in [1.807, 2.05) is 12.1 Å². The Morgan fingerprint density at radius 3 is 2.45 bits per heavy atom. The minimum atomic E-state index is 0.0607. The van der Waals surface area contributed by atoms with Crippen LogP contribution in [0.15, 0.2) is 24.3 Å². The third-order valence-electron chi connectivity index (χ3n) is 3.69. The second-order valence-electron chi connectivity index (χ2n) is 5.32. The van der Waals surface area contributed by atoms with Gasteiger partial charge in [0, 0.05) is 0 Å². The molecule has 1 aromatic carbocycles. The predicted molar refractivity (Wildman–Crippen MR) is 87.2 cm³/mol. The molecule has 0 aliphatic carbocycles. The van der Waals surface area contributed by atoms with Crippen LogP contribution in [0, 0.1) is 0 Å². The van der Waals surface area contributed by atoms with E-state index >= 15 is 0 Å². The standard InChI is InChI=1S/C16H24N2OS/c1-2-12-19-14-8-6-13(7-9-14)15(16(17)20)18-10-4-3-5-11-18/h6-9,15H,2-5,10-12H2,1H3,(H2,17,20). The molecular formula is C16H24N2OS. The molecule has 1 heterocycles. The van der Waals surface area contributed by atoms with Gasteiger partial charge < -0.3 is 10.5 Å². The molecule has 0 aromatic heterocycles. The lowest BCUT2D eigenvalue weighted by Crippen LogP contribution is -2.40. The molecule has 20 heavy (non-hydrogen) atoms. The lowest BCUT2D eigenvalue weighted by Gasteiger charge is -2.34. The topological polar surface area (TPSA) is 38.5 Å². The Labute approximate surface area is 127 Å². The number of piperidine rings is 1. The molecule has 0 bridgehead atoms. The van der Waals surface area contributed by atoms with E-state index in [1.165, 1.54) is 24.8 Å². The maximum Gasteiger partial charge on any atom is 0.119 e. The van der Waals surface area contributed by atoms with Gasteiger partial charge in [0.05, 0.1) is 17.6 Å². The summed E-state index contributed by atoms with van der Waals surface area (Å²) in [4.78, 5) is 2.96. The van der Waals surface area contributed by atoms with Gasteiger partial charge in [-0.1, -0.05) is 37.7 Å². The number of ether oxygens (including phenoxy) is 1. The van der Waals surface area contributed by atoms with E-state index in [-0.39, 0.29) is 6.04 Å². The molecule has 1 unspecified atom stereocenters. The van der Waals surface area contributed by atoms with Crippen LogP contribution in [0.1, 0.15) is 44.2 Å². The highest BCUT2D eigenvalue weighted by molar-refractivity contribution is 7.80. The van der Waals surface area contributed by atoms with E-state index in [0.29, 0.717) is 4.99 Å². The summed E-state index contributed by atoms with van der Waals surface area (Å²) < 4.78 is 5.62. The van der Waals surface area contributed by atoms with E-state index in [4.69, 9.17) is 22.7 Å². The van der Waals surface area contributed by atoms with Crippen molar-refractivity contribution in [2.75, 3.05) is 19.7 Å². The number of rotatable bonds is 6. The first-order valence-corrected chi connectivity index (χ1v) is 7.89. The Morgan fingerprint density at radius 1 is 1.25 bits per heavy atom. The average molecular weight is 292 g/mol. The van der Waals surface area contributed by atoms with E-state index in [9.17, 15) is 0 Å². The third kappa shape index (κ3) is 3.93. The molecule has 110 valence electrons. The zero-order valence-corrected chi connectivity index (χ0v) is 13.0. The van der Waals surface area contributed by atoms with Crippen LogP contribution < -0.4 is 10.5 Å². The number of hydrogen-bond donors (Lipinski definition) is 1. The predicted octanol–water partition coefficient (Wildman–Crippen LogP) is 3.29. The van der Waals surface area contributed by atoms with Crippen molar-refractivity contribution in [3.63, 3.8) is 0 Å². The maximum atomic E-state index is 5.98. The molecule has 1 atom stereocenters. The van der Waals surface area contributed by atoms with Gasteiger partial charge in [-0.2, -0.15) is 0 Å². The van der Waals surface area contributed by atoms with Crippen molar-refractivity contribution < 1.29 is 4.74 Å². The van der Waals surface area contributed by atoms with Crippen molar-refractivity contribution in [1.29, 1.82) is 0 Å². The number of nitrogens with two attached hydrogens (primary N) is 1. The fourth-order valence-electron chi connectivity index (χ4n) is 2.70. The first-order valence-electron chi connectivity index (χ1n) is 7.48. The van der Waals surface area contributed by atoms with Crippen LogP contribution in [-0.2, 0) is 0 Å². The first kappa shape index (κ1) is 15.3. The van der Waals surface area contributed by atoms with Crippen molar-refractivity contribution >= 4 is 17.2 Å². The summed E-state index contributed by atoms with van der Waals surface area (Å²) in [6, 6.07) is 8.26. The van der Waals surface area contributed by atoms with Crippen LogP contribution in [0.3, 0.4) is 0 Å². The Bertz CT molecular complexity index is 427. The van der Waals surface area contributed by atoms with E-state index in [2.05, 4.69) is 24.0 Å². The summed E-state index contributed by atoms with van der Waals surface area (Å²) in [6.07, 6.45) is 4.79. The van der Waals surface area contributed by atoms with Crippen LogP contribution in [0.2, 0.25) is 0 Å². The van der Waals surface area contributed by atoms with Crippen molar-refractivity contribution in [3.8, 4) is 5.75 Å². The molecular weight excluding hydrogens is 268 g/mol. The summed E-state index contributed by atoms with van der Waals surface area (Å²) in [5.41, 5.74) is 7.15. The molecule has 1 aromatic rings. The Balaban J connectivity index is 2.10. The van der Waals surface area contributed by atoms with Gasteiger partial charge in [-0.3, -0.25) is 4.90 Å². The zero-order valence-electron chi connectivity index (χ0n) is 12.2. The third-order valence-corrected chi connectivity index (χ3v) is 3.92. The highest BCUT2D eigenvalue weighted by Gasteiger charge is 2.24. The van der Waals surface area contributed by atoms with E-state index in [0.717, 1.165) is 31.9 Å². The molecule has 3 nitrogen and oxygen atoms in total. The number of hydrogen-bond acceptors (Lipinski definition) is 3. The largest absolute Gasteiger partial charge is 0.494 e. The summed E-state index contributed by atoms with van der Waals surface area (Å²) in [5, 5.41) is 0. The van der Waals surface area contributed by atoms with Gasteiger partial charge in [0.2, 0.25) is 0 Å². The maximum absolute atomic E-state index is 5.98. The number of benzene rings is 1. The number of thiocarbonyl (C=S) groups is 1. The molecule has 1 aliphatic rings. The normalized spacial score (nSPS) is 17.6. The van der Waals surface area contributed by atoms with Crippen LogP contribution in [0.4, 0.5) is 0 Å². The van der Waals surface area contributed by atoms with Crippen molar-refractivity contribution in [3.05, 3.63) is 29.8 Å². The molecule has 0 saturated carbocycles. The molecule has 0 radical (unpaired) electrons. The van der Waals surface area contributed by atoms with Crippen molar-refractivity contribution in [1.82, 2.24) is 4.90 Å². The quantitative estimate of drug-likeness (QED) is 0.817. The minimum absolute atomic E-state index is 0.0607.